The van der Waals surface area contributed by atoms with Crippen molar-refractivity contribution < 1.29 is 24.2 Å². The summed E-state index contributed by atoms with van der Waals surface area (Å²) in [5, 5.41) is 10.2. The first-order valence-electron chi connectivity index (χ1n) is 13.0. The van der Waals surface area contributed by atoms with Gasteiger partial charge >= 0.3 is 0 Å². The molecule has 7 nitrogen and oxygen atoms in total. The number of aliphatic hydroxyl groups excluding tert-OH is 1. The number of nitrogens with zero attached hydrogens (tertiary/aromatic N) is 2. The second-order valence-corrected chi connectivity index (χ2v) is 15.6. The van der Waals surface area contributed by atoms with Crippen LogP contribution < -0.4 is 4.90 Å². The second-order valence-electron chi connectivity index (χ2n) is 11.2. The molecule has 0 radical (unpaired) electrons. The number of carbonyl (C=O) groups excluding carboxylic acids is 2. The van der Waals surface area contributed by atoms with E-state index >= 15 is 0 Å². The molecule has 0 bridgehead atoms. The van der Waals surface area contributed by atoms with E-state index in [1.807, 2.05) is 56.4 Å². The van der Waals surface area contributed by atoms with Crippen molar-refractivity contribution >= 4 is 37.4 Å². The van der Waals surface area contributed by atoms with Crippen LogP contribution in [0, 0.1) is 5.92 Å². The van der Waals surface area contributed by atoms with E-state index in [0.717, 1.165) is 24.1 Å². The number of carbonyl (C=O) groups is 2. The molecule has 2 N–H and O–H groups in total. The van der Waals surface area contributed by atoms with E-state index in [9.17, 15) is 19.5 Å². The maximum atomic E-state index is 14.3. The monoisotopic (exact) mass is 542 g/mol. The standard InChI is InChI=1S/C28H35ClN2O5Si/c1-18-26(37(2,3)35)24(15-25(33)30-13-7-10-21(30)17-32)36-28(18)22-14-20(29)11-12-23(22)31(27(28)34)16-19-8-5-4-6-9-19/h4-6,8-9,11-12,14,18,21,24,26,32,35H,7,10,13,15-17H2,1-3H3/t18-,21+,24+,26-,28+/m1/s1. The fraction of sp³-hybridized carbons (Fsp3) is 0.500. The lowest BCUT2D eigenvalue weighted by Gasteiger charge is -2.32. The SMILES string of the molecule is C[C@@H]1[C@@H]([Si](C)(C)O)[C@H](CC(=O)N2CCC[C@H]2CO)O[C@@]12C(=O)N(Cc1ccccc1)c1ccc(Cl)cc12. The summed E-state index contributed by atoms with van der Waals surface area (Å²) in [5.41, 5.74) is 0.746. The molecule has 2 aromatic rings. The predicted molar refractivity (Wildman–Crippen MR) is 145 cm³/mol. The lowest BCUT2D eigenvalue weighted by molar-refractivity contribution is -0.150. The molecule has 2 aromatic carbocycles. The highest BCUT2D eigenvalue weighted by Crippen LogP contribution is 2.60. The van der Waals surface area contributed by atoms with E-state index in [1.54, 1.807) is 21.9 Å². The fourth-order valence-corrected chi connectivity index (χ4v) is 9.54. The molecule has 3 aliphatic rings. The first kappa shape index (κ1) is 26.4. The average Bonchev–Trinajstić information content (AvgIpc) is 3.50. The van der Waals surface area contributed by atoms with E-state index < -0.39 is 20.0 Å². The Labute approximate surface area is 224 Å². The number of benzene rings is 2. The Morgan fingerprint density at radius 2 is 1.95 bits per heavy atom. The largest absolute Gasteiger partial charge is 0.432 e. The zero-order chi connectivity index (χ0) is 26.5. The Bertz CT molecular complexity index is 1190. The van der Waals surface area contributed by atoms with Gasteiger partial charge in [-0.25, -0.2) is 0 Å². The molecular weight excluding hydrogens is 508 g/mol. The molecule has 198 valence electrons. The Morgan fingerprint density at radius 1 is 1.22 bits per heavy atom. The number of ether oxygens (including phenoxy) is 1. The number of hydrogen-bond acceptors (Lipinski definition) is 5. The Kier molecular flexibility index (Phi) is 7.00. The van der Waals surface area contributed by atoms with Gasteiger partial charge in [0.1, 0.15) is 0 Å². The van der Waals surface area contributed by atoms with Crippen LogP contribution in [0.2, 0.25) is 23.7 Å². The molecule has 0 aromatic heterocycles. The highest BCUT2D eigenvalue weighted by Gasteiger charge is 2.66. The van der Waals surface area contributed by atoms with Crippen molar-refractivity contribution in [2.75, 3.05) is 18.1 Å². The van der Waals surface area contributed by atoms with Crippen molar-refractivity contribution in [2.24, 2.45) is 5.92 Å². The van der Waals surface area contributed by atoms with Crippen LogP contribution in [0.4, 0.5) is 5.69 Å². The van der Waals surface area contributed by atoms with Crippen LogP contribution >= 0.6 is 11.6 Å². The zero-order valence-corrected chi connectivity index (χ0v) is 23.3. The van der Waals surface area contributed by atoms with Gasteiger partial charge in [0.15, 0.2) is 13.9 Å². The molecule has 2 fully saturated rings. The maximum Gasteiger partial charge on any atom is 0.264 e. The third kappa shape index (κ3) is 4.42. The van der Waals surface area contributed by atoms with Gasteiger partial charge in [-0.15, -0.1) is 0 Å². The molecule has 0 aliphatic carbocycles. The first-order valence-corrected chi connectivity index (χ1v) is 16.4. The molecule has 5 rings (SSSR count). The number of amides is 2. The van der Waals surface area contributed by atoms with Gasteiger partial charge in [0.05, 0.1) is 37.4 Å². The number of fused-ring (bicyclic) bond motifs is 2. The minimum absolute atomic E-state index is 0.0616. The van der Waals surface area contributed by atoms with Crippen LogP contribution in [-0.4, -0.2) is 60.2 Å². The molecule has 1 spiro atoms. The van der Waals surface area contributed by atoms with E-state index in [2.05, 4.69) is 0 Å². The highest BCUT2D eigenvalue weighted by molar-refractivity contribution is 6.71. The molecule has 9 heteroatoms. The lowest BCUT2D eigenvalue weighted by atomic mass is 9.82. The van der Waals surface area contributed by atoms with Crippen molar-refractivity contribution in [3.05, 3.63) is 64.7 Å². The second kappa shape index (κ2) is 9.82. The third-order valence-corrected chi connectivity index (χ3v) is 11.2. The summed E-state index contributed by atoms with van der Waals surface area (Å²) in [5.74, 6) is -0.657. The van der Waals surface area contributed by atoms with Crippen LogP contribution in [0.15, 0.2) is 48.5 Å². The Balaban J connectivity index is 1.54. The molecule has 3 heterocycles. The van der Waals surface area contributed by atoms with Gasteiger partial charge in [0.2, 0.25) is 5.91 Å². The minimum atomic E-state index is -2.88. The van der Waals surface area contributed by atoms with Gasteiger partial charge in [-0.2, -0.15) is 0 Å². The molecule has 2 saturated heterocycles. The van der Waals surface area contributed by atoms with Gasteiger partial charge < -0.3 is 24.4 Å². The summed E-state index contributed by atoms with van der Waals surface area (Å²) >= 11 is 6.44. The summed E-state index contributed by atoms with van der Waals surface area (Å²) in [6, 6.07) is 15.0. The van der Waals surface area contributed by atoms with Crippen LogP contribution in [0.5, 0.6) is 0 Å². The maximum absolute atomic E-state index is 14.3. The number of aliphatic hydroxyl groups is 1. The average molecular weight is 543 g/mol. The van der Waals surface area contributed by atoms with Gasteiger partial charge in [0, 0.05) is 28.6 Å². The van der Waals surface area contributed by atoms with Crippen molar-refractivity contribution in [1.82, 2.24) is 4.90 Å². The van der Waals surface area contributed by atoms with Crippen molar-refractivity contribution in [1.29, 1.82) is 0 Å². The molecular formula is C28H35ClN2O5Si. The molecule has 0 unspecified atom stereocenters. The number of halogens is 1. The summed E-state index contributed by atoms with van der Waals surface area (Å²) in [4.78, 5) is 42.6. The van der Waals surface area contributed by atoms with E-state index in [1.165, 1.54) is 0 Å². The Morgan fingerprint density at radius 3 is 2.62 bits per heavy atom. The van der Waals surface area contributed by atoms with E-state index in [-0.39, 0.29) is 42.3 Å². The smallest absolute Gasteiger partial charge is 0.264 e. The minimum Gasteiger partial charge on any atom is -0.432 e. The number of hydrogen-bond donors (Lipinski definition) is 2. The van der Waals surface area contributed by atoms with Gasteiger partial charge in [-0.1, -0.05) is 48.9 Å². The van der Waals surface area contributed by atoms with Gasteiger partial charge in [-0.3, -0.25) is 9.59 Å². The van der Waals surface area contributed by atoms with Crippen LogP contribution in [0.1, 0.15) is 37.3 Å². The molecule has 0 saturated carbocycles. The molecule has 37 heavy (non-hydrogen) atoms. The summed E-state index contributed by atoms with van der Waals surface area (Å²) in [7, 11) is -2.88. The lowest BCUT2D eigenvalue weighted by Crippen LogP contribution is -2.46. The number of likely N-dealkylation sites (tertiary alicyclic amines) is 1. The van der Waals surface area contributed by atoms with E-state index in [0.29, 0.717) is 23.7 Å². The summed E-state index contributed by atoms with van der Waals surface area (Å²) < 4.78 is 6.74. The number of rotatable bonds is 6. The molecule has 5 atom stereocenters. The molecule has 2 amide bonds. The van der Waals surface area contributed by atoms with Crippen molar-refractivity contribution in [3.63, 3.8) is 0 Å². The Hall–Kier alpha value is -2.23. The highest BCUT2D eigenvalue weighted by atomic mass is 35.5. The topological polar surface area (TPSA) is 90.3 Å². The quantitative estimate of drug-likeness (QED) is 0.537. The van der Waals surface area contributed by atoms with Crippen molar-refractivity contribution in [3.8, 4) is 0 Å². The van der Waals surface area contributed by atoms with E-state index in [4.69, 9.17) is 16.3 Å². The third-order valence-electron chi connectivity index (χ3n) is 8.41. The van der Waals surface area contributed by atoms with Crippen LogP contribution in [0.3, 0.4) is 0 Å². The summed E-state index contributed by atoms with van der Waals surface area (Å²) in [6.45, 7) is 6.57. The first-order chi connectivity index (χ1) is 17.6. The fourth-order valence-electron chi connectivity index (χ4n) is 6.82. The number of anilines is 1. The summed E-state index contributed by atoms with van der Waals surface area (Å²) in [6.07, 6.45) is 1.06. The van der Waals surface area contributed by atoms with Crippen LogP contribution in [-0.2, 0) is 26.5 Å². The normalized spacial score (nSPS) is 29.4. The van der Waals surface area contributed by atoms with Crippen LogP contribution in [0.25, 0.3) is 0 Å². The molecule has 3 aliphatic heterocycles. The zero-order valence-electron chi connectivity index (χ0n) is 21.6. The van der Waals surface area contributed by atoms with Gasteiger partial charge in [-0.05, 0) is 49.7 Å². The predicted octanol–water partition coefficient (Wildman–Crippen LogP) is 4.06. The van der Waals surface area contributed by atoms with Gasteiger partial charge in [0.25, 0.3) is 5.91 Å². The van der Waals surface area contributed by atoms with Crippen molar-refractivity contribution in [2.45, 2.75) is 69.1 Å².